The molecule has 126 valence electrons. The predicted octanol–water partition coefficient (Wildman–Crippen LogP) is 2.41. The van der Waals surface area contributed by atoms with Crippen LogP contribution in [-0.4, -0.2) is 28.0 Å². The lowest BCUT2D eigenvalue weighted by Crippen LogP contribution is -2.25. The van der Waals surface area contributed by atoms with Gasteiger partial charge in [-0.1, -0.05) is 12.1 Å². The quantitative estimate of drug-likeness (QED) is 0.902. The molecule has 0 radical (unpaired) electrons. The van der Waals surface area contributed by atoms with Crippen molar-refractivity contribution in [2.24, 2.45) is 0 Å². The van der Waals surface area contributed by atoms with Crippen molar-refractivity contribution >= 4 is 27.3 Å². The fourth-order valence-electron chi connectivity index (χ4n) is 2.84. The third-order valence-electron chi connectivity index (χ3n) is 3.94. The molecule has 0 bridgehead atoms. The van der Waals surface area contributed by atoms with Crippen LogP contribution in [0.2, 0.25) is 0 Å². The summed E-state index contributed by atoms with van der Waals surface area (Å²) in [6.07, 6.45) is 0.285. The van der Waals surface area contributed by atoms with Gasteiger partial charge in [0.05, 0.1) is 13.5 Å². The predicted molar refractivity (Wildman–Crippen MR) is 92.0 cm³/mol. The first kappa shape index (κ1) is 16.3. The molecule has 0 spiro atoms. The molecular weight excluding hydrogens is 328 g/mol. The number of para-hydroxylation sites is 1. The number of hydrogen-bond acceptors (Lipinski definition) is 4. The second kappa shape index (κ2) is 6.16. The SMILES string of the molecule is CCN1C(=O)Cc2cc(NS(=O)(=O)c3ccccc3OC)ccc21. The molecule has 0 saturated carbocycles. The summed E-state index contributed by atoms with van der Waals surface area (Å²) >= 11 is 0. The molecule has 2 aromatic carbocycles. The number of sulfonamides is 1. The number of nitrogens with zero attached hydrogens (tertiary/aromatic N) is 1. The fourth-order valence-corrected chi connectivity index (χ4v) is 4.07. The molecule has 1 amide bonds. The molecule has 24 heavy (non-hydrogen) atoms. The molecule has 0 unspecified atom stereocenters. The Labute approximate surface area is 141 Å². The number of nitrogens with one attached hydrogen (secondary N) is 1. The maximum Gasteiger partial charge on any atom is 0.265 e. The molecule has 0 saturated heterocycles. The van der Waals surface area contributed by atoms with Crippen molar-refractivity contribution in [1.29, 1.82) is 0 Å². The first-order chi connectivity index (χ1) is 11.5. The number of methoxy groups -OCH3 is 1. The Morgan fingerprint density at radius 2 is 1.96 bits per heavy atom. The van der Waals surface area contributed by atoms with Crippen LogP contribution >= 0.6 is 0 Å². The first-order valence-electron chi connectivity index (χ1n) is 7.55. The number of hydrogen-bond donors (Lipinski definition) is 1. The van der Waals surface area contributed by atoms with E-state index in [4.69, 9.17) is 4.74 Å². The standard InChI is InChI=1S/C17H18N2O4S/c1-3-19-14-9-8-13(10-12(14)11-17(19)20)18-24(21,22)16-7-5-4-6-15(16)23-2/h4-10,18H,3,11H2,1-2H3. The van der Waals surface area contributed by atoms with Crippen molar-refractivity contribution in [3.8, 4) is 5.75 Å². The molecule has 2 aromatic rings. The third kappa shape index (κ3) is 2.82. The summed E-state index contributed by atoms with van der Waals surface area (Å²) in [5.74, 6) is 0.302. The highest BCUT2D eigenvalue weighted by atomic mass is 32.2. The number of benzene rings is 2. The molecule has 0 aromatic heterocycles. The van der Waals surface area contributed by atoms with E-state index in [2.05, 4.69) is 4.72 Å². The van der Waals surface area contributed by atoms with Crippen LogP contribution in [0.1, 0.15) is 12.5 Å². The summed E-state index contributed by atoms with van der Waals surface area (Å²) in [7, 11) is -2.35. The van der Waals surface area contributed by atoms with Crippen molar-refractivity contribution in [3.63, 3.8) is 0 Å². The summed E-state index contributed by atoms with van der Waals surface area (Å²) in [4.78, 5) is 13.7. The highest BCUT2D eigenvalue weighted by molar-refractivity contribution is 7.92. The Bertz CT molecular complexity index is 893. The normalized spacial score (nSPS) is 13.8. The van der Waals surface area contributed by atoms with Crippen molar-refractivity contribution in [2.45, 2.75) is 18.2 Å². The van der Waals surface area contributed by atoms with Crippen molar-refractivity contribution in [3.05, 3.63) is 48.0 Å². The topological polar surface area (TPSA) is 75.7 Å². The van der Waals surface area contributed by atoms with E-state index in [9.17, 15) is 13.2 Å². The third-order valence-corrected chi connectivity index (χ3v) is 5.36. The minimum Gasteiger partial charge on any atom is -0.495 e. The minimum atomic E-state index is -3.78. The molecule has 0 aliphatic carbocycles. The second-order valence-corrected chi connectivity index (χ2v) is 7.07. The summed E-state index contributed by atoms with van der Waals surface area (Å²) in [6, 6.07) is 11.6. The van der Waals surface area contributed by atoms with Gasteiger partial charge in [0.15, 0.2) is 0 Å². The number of rotatable bonds is 5. The molecule has 1 N–H and O–H groups in total. The van der Waals surface area contributed by atoms with Crippen LogP contribution in [0.5, 0.6) is 5.75 Å². The summed E-state index contributed by atoms with van der Waals surface area (Å²) in [5.41, 5.74) is 2.08. The zero-order valence-corrected chi connectivity index (χ0v) is 14.3. The van der Waals surface area contributed by atoms with E-state index in [1.807, 2.05) is 6.92 Å². The Balaban J connectivity index is 1.92. The van der Waals surface area contributed by atoms with E-state index in [1.54, 1.807) is 41.3 Å². The van der Waals surface area contributed by atoms with Crippen LogP contribution in [0.15, 0.2) is 47.4 Å². The van der Waals surface area contributed by atoms with E-state index in [0.717, 1.165) is 11.3 Å². The van der Waals surface area contributed by atoms with E-state index in [0.29, 0.717) is 12.2 Å². The van der Waals surface area contributed by atoms with Crippen LogP contribution in [0.3, 0.4) is 0 Å². The van der Waals surface area contributed by atoms with Crippen molar-refractivity contribution < 1.29 is 17.9 Å². The maximum atomic E-state index is 12.6. The van der Waals surface area contributed by atoms with Gasteiger partial charge in [-0.2, -0.15) is 0 Å². The molecular formula is C17H18N2O4S. The number of fused-ring (bicyclic) bond motifs is 1. The summed E-state index contributed by atoms with van der Waals surface area (Å²) in [5, 5.41) is 0. The summed E-state index contributed by atoms with van der Waals surface area (Å²) in [6.45, 7) is 2.50. The monoisotopic (exact) mass is 346 g/mol. The average Bonchev–Trinajstić information content (AvgIpc) is 2.88. The highest BCUT2D eigenvalue weighted by Crippen LogP contribution is 2.32. The lowest BCUT2D eigenvalue weighted by molar-refractivity contribution is -0.117. The van der Waals surface area contributed by atoms with Crippen LogP contribution in [0, 0.1) is 0 Å². The molecule has 7 heteroatoms. The van der Waals surface area contributed by atoms with Crippen LogP contribution < -0.4 is 14.4 Å². The zero-order valence-electron chi connectivity index (χ0n) is 13.4. The Hall–Kier alpha value is -2.54. The van der Waals surface area contributed by atoms with Gasteiger partial charge in [0, 0.05) is 17.9 Å². The summed E-state index contributed by atoms with van der Waals surface area (Å²) < 4.78 is 32.9. The smallest absolute Gasteiger partial charge is 0.265 e. The van der Waals surface area contributed by atoms with Gasteiger partial charge < -0.3 is 9.64 Å². The number of ether oxygens (including phenoxy) is 1. The average molecular weight is 346 g/mol. The Kier molecular flexibility index (Phi) is 4.19. The van der Waals surface area contributed by atoms with Gasteiger partial charge in [0.25, 0.3) is 10.0 Å². The number of anilines is 2. The maximum absolute atomic E-state index is 12.6. The number of carbonyl (C=O) groups excluding carboxylic acids is 1. The molecule has 1 heterocycles. The number of amides is 1. The van der Waals surface area contributed by atoms with E-state index < -0.39 is 10.0 Å². The zero-order chi connectivity index (χ0) is 17.3. The second-order valence-electron chi connectivity index (χ2n) is 5.41. The van der Waals surface area contributed by atoms with E-state index in [1.165, 1.54) is 13.2 Å². The van der Waals surface area contributed by atoms with Crippen molar-refractivity contribution in [1.82, 2.24) is 0 Å². The van der Waals surface area contributed by atoms with Crippen LogP contribution in [0.25, 0.3) is 0 Å². The van der Waals surface area contributed by atoms with E-state index >= 15 is 0 Å². The van der Waals surface area contributed by atoms with Gasteiger partial charge in [0.2, 0.25) is 5.91 Å². The molecule has 0 atom stereocenters. The fraction of sp³-hybridized carbons (Fsp3) is 0.235. The molecule has 6 nitrogen and oxygen atoms in total. The minimum absolute atomic E-state index is 0.0252. The van der Waals surface area contributed by atoms with Gasteiger partial charge in [-0.15, -0.1) is 0 Å². The van der Waals surface area contributed by atoms with Gasteiger partial charge in [-0.3, -0.25) is 9.52 Å². The van der Waals surface area contributed by atoms with Crippen LogP contribution in [0.4, 0.5) is 11.4 Å². The lowest BCUT2D eigenvalue weighted by atomic mass is 10.1. The molecule has 0 fully saturated rings. The number of carbonyl (C=O) groups is 1. The molecule has 1 aliphatic rings. The Morgan fingerprint density at radius 1 is 1.21 bits per heavy atom. The largest absolute Gasteiger partial charge is 0.495 e. The lowest BCUT2D eigenvalue weighted by Gasteiger charge is -2.15. The van der Waals surface area contributed by atoms with Gasteiger partial charge >= 0.3 is 0 Å². The molecule has 3 rings (SSSR count). The first-order valence-corrected chi connectivity index (χ1v) is 9.03. The van der Waals surface area contributed by atoms with Gasteiger partial charge in [-0.25, -0.2) is 8.42 Å². The van der Waals surface area contributed by atoms with E-state index in [-0.39, 0.29) is 23.0 Å². The van der Waals surface area contributed by atoms with Crippen LogP contribution in [-0.2, 0) is 21.2 Å². The van der Waals surface area contributed by atoms with Gasteiger partial charge in [-0.05, 0) is 42.8 Å². The Morgan fingerprint density at radius 3 is 2.67 bits per heavy atom. The van der Waals surface area contributed by atoms with Crippen molar-refractivity contribution in [2.75, 3.05) is 23.3 Å². The number of likely N-dealkylation sites (N-methyl/N-ethyl adjacent to an activating group) is 1. The molecule has 1 aliphatic heterocycles. The highest BCUT2D eigenvalue weighted by Gasteiger charge is 2.27. The van der Waals surface area contributed by atoms with Gasteiger partial charge in [0.1, 0.15) is 10.6 Å².